The highest BCUT2D eigenvalue weighted by molar-refractivity contribution is 6.31. The highest BCUT2D eigenvalue weighted by Crippen LogP contribution is 2.24. The van der Waals surface area contributed by atoms with Crippen molar-refractivity contribution in [3.05, 3.63) is 93.5 Å². The van der Waals surface area contributed by atoms with E-state index in [1.54, 1.807) is 36.4 Å². The second kappa shape index (κ2) is 9.43. The number of amides is 1. The summed E-state index contributed by atoms with van der Waals surface area (Å²) < 4.78 is 5.01. The van der Waals surface area contributed by atoms with Crippen LogP contribution in [0.15, 0.2) is 66.7 Å². The zero-order chi connectivity index (χ0) is 21.7. The van der Waals surface area contributed by atoms with Crippen LogP contribution in [0, 0.1) is 0 Å². The Morgan fingerprint density at radius 2 is 1.53 bits per heavy atom. The molecular weight excluding hydrogens is 427 g/mol. The Morgan fingerprint density at radius 1 is 0.867 bits per heavy atom. The zero-order valence-corrected chi connectivity index (χ0v) is 17.0. The van der Waals surface area contributed by atoms with E-state index < -0.39 is 18.5 Å². The third-order valence-corrected chi connectivity index (χ3v) is 4.57. The van der Waals surface area contributed by atoms with Gasteiger partial charge in [0.1, 0.15) is 0 Å². The fourth-order valence-electron chi connectivity index (χ4n) is 2.67. The maximum absolute atomic E-state index is 12.8. The largest absolute Gasteiger partial charge is 0.452 e. The molecule has 1 amide bonds. The Kier molecular flexibility index (Phi) is 6.72. The molecule has 6 nitrogen and oxygen atoms in total. The van der Waals surface area contributed by atoms with E-state index in [1.807, 2.05) is 0 Å². The molecular formula is C22H16Cl2N2O4. The van der Waals surface area contributed by atoms with Crippen molar-refractivity contribution in [1.29, 1.82) is 0 Å². The molecule has 3 rings (SSSR count). The first kappa shape index (κ1) is 21.4. The predicted octanol–water partition coefficient (Wildman–Crippen LogP) is 4.60. The van der Waals surface area contributed by atoms with Gasteiger partial charge in [0.2, 0.25) is 0 Å². The van der Waals surface area contributed by atoms with Crippen LogP contribution in [0.25, 0.3) is 0 Å². The summed E-state index contributed by atoms with van der Waals surface area (Å²) in [5.74, 6) is -1.70. The van der Waals surface area contributed by atoms with Gasteiger partial charge in [0.05, 0.1) is 11.3 Å². The van der Waals surface area contributed by atoms with Crippen LogP contribution < -0.4 is 11.1 Å². The number of nitrogen functional groups attached to an aromatic ring is 1. The van der Waals surface area contributed by atoms with Crippen molar-refractivity contribution in [2.75, 3.05) is 17.7 Å². The molecule has 0 heterocycles. The summed E-state index contributed by atoms with van der Waals surface area (Å²) in [6.45, 7) is -0.567. The quantitative estimate of drug-likeness (QED) is 0.330. The number of ether oxygens (including phenoxy) is 1. The van der Waals surface area contributed by atoms with Crippen molar-refractivity contribution in [1.82, 2.24) is 0 Å². The van der Waals surface area contributed by atoms with Crippen molar-refractivity contribution in [3.63, 3.8) is 0 Å². The van der Waals surface area contributed by atoms with Gasteiger partial charge in [-0.1, -0.05) is 53.5 Å². The summed E-state index contributed by atoms with van der Waals surface area (Å²) in [7, 11) is 0. The van der Waals surface area contributed by atoms with Crippen molar-refractivity contribution < 1.29 is 19.1 Å². The molecule has 0 aliphatic rings. The molecule has 0 aromatic heterocycles. The van der Waals surface area contributed by atoms with Crippen LogP contribution in [0.4, 0.5) is 11.4 Å². The molecule has 152 valence electrons. The molecule has 0 saturated heterocycles. The molecule has 0 unspecified atom stereocenters. The first-order valence-electron chi connectivity index (χ1n) is 8.76. The van der Waals surface area contributed by atoms with Crippen LogP contribution in [0.5, 0.6) is 0 Å². The van der Waals surface area contributed by atoms with E-state index in [0.717, 1.165) is 0 Å². The van der Waals surface area contributed by atoms with Crippen LogP contribution in [0.3, 0.4) is 0 Å². The van der Waals surface area contributed by atoms with E-state index in [1.165, 1.54) is 30.3 Å². The van der Waals surface area contributed by atoms with Gasteiger partial charge in [-0.15, -0.1) is 0 Å². The first-order chi connectivity index (χ1) is 14.3. The van der Waals surface area contributed by atoms with E-state index in [-0.39, 0.29) is 28.3 Å². The van der Waals surface area contributed by atoms with Gasteiger partial charge in [0.15, 0.2) is 12.4 Å². The van der Waals surface area contributed by atoms with E-state index in [9.17, 15) is 14.4 Å². The number of nitrogens with one attached hydrogen (secondary N) is 1. The number of hydrogen-bond donors (Lipinski definition) is 2. The lowest BCUT2D eigenvalue weighted by Crippen LogP contribution is -2.22. The highest BCUT2D eigenvalue weighted by Gasteiger charge is 2.18. The monoisotopic (exact) mass is 442 g/mol. The molecule has 0 bridgehead atoms. The van der Waals surface area contributed by atoms with Crippen LogP contribution in [0.2, 0.25) is 10.0 Å². The molecule has 0 fully saturated rings. The maximum atomic E-state index is 12.8. The number of anilines is 2. The number of benzene rings is 3. The van der Waals surface area contributed by atoms with Gasteiger partial charge < -0.3 is 15.8 Å². The summed E-state index contributed by atoms with van der Waals surface area (Å²) in [6.07, 6.45) is 0. The van der Waals surface area contributed by atoms with E-state index >= 15 is 0 Å². The molecule has 3 N–H and O–H groups in total. The SMILES string of the molecule is Nc1cc(Cl)ccc1C(=O)OCC(=O)Nc1ccc(Cl)cc1C(=O)c1ccccc1. The minimum Gasteiger partial charge on any atom is -0.452 e. The molecule has 0 radical (unpaired) electrons. The molecule has 0 spiro atoms. The number of nitrogens with two attached hydrogens (primary N) is 1. The Bertz CT molecular complexity index is 1120. The zero-order valence-electron chi connectivity index (χ0n) is 15.5. The average molecular weight is 443 g/mol. The van der Waals surface area contributed by atoms with Crippen LogP contribution >= 0.6 is 23.2 Å². The highest BCUT2D eigenvalue weighted by atomic mass is 35.5. The molecule has 0 aliphatic heterocycles. The van der Waals surface area contributed by atoms with E-state index in [2.05, 4.69) is 5.32 Å². The molecule has 0 atom stereocenters. The Labute approximate surface area is 182 Å². The van der Waals surface area contributed by atoms with E-state index in [4.69, 9.17) is 33.7 Å². The number of ketones is 1. The number of rotatable bonds is 6. The number of carbonyl (C=O) groups is 3. The van der Waals surface area contributed by atoms with Crippen molar-refractivity contribution >= 4 is 52.2 Å². The van der Waals surface area contributed by atoms with Gasteiger partial charge in [-0.25, -0.2) is 4.79 Å². The fourth-order valence-corrected chi connectivity index (χ4v) is 3.03. The topological polar surface area (TPSA) is 98.5 Å². The number of halogens is 2. The second-order valence-electron chi connectivity index (χ2n) is 6.24. The first-order valence-corrected chi connectivity index (χ1v) is 9.52. The summed E-state index contributed by atoms with van der Waals surface area (Å²) in [5, 5.41) is 3.29. The standard InChI is InChI=1S/C22H16Cl2N2O4/c23-14-7-9-19(17(10-14)21(28)13-4-2-1-3-5-13)26-20(27)12-30-22(29)16-8-6-15(24)11-18(16)25/h1-11H,12,25H2,(H,26,27). The van der Waals surface area contributed by atoms with Crippen molar-refractivity contribution in [2.45, 2.75) is 0 Å². The molecule has 3 aromatic rings. The fraction of sp³-hybridized carbons (Fsp3) is 0.0455. The van der Waals surface area contributed by atoms with Gasteiger partial charge in [0, 0.05) is 26.9 Å². The smallest absolute Gasteiger partial charge is 0.340 e. The summed E-state index contributed by atoms with van der Waals surface area (Å²) in [5.41, 5.74) is 6.89. The maximum Gasteiger partial charge on any atom is 0.340 e. The predicted molar refractivity (Wildman–Crippen MR) is 116 cm³/mol. The van der Waals surface area contributed by atoms with Crippen molar-refractivity contribution in [2.24, 2.45) is 0 Å². The Balaban J connectivity index is 1.71. The summed E-state index contributed by atoms with van der Waals surface area (Å²) >= 11 is 11.8. The normalized spacial score (nSPS) is 10.3. The van der Waals surface area contributed by atoms with Crippen LogP contribution in [-0.4, -0.2) is 24.3 Å². The van der Waals surface area contributed by atoms with Crippen LogP contribution in [-0.2, 0) is 9.53 Å². The molecule has 0 aliphatic carbocycles. The average Bonchev–Trinajstić information content (AvgIpc) is 2.73. The second-order valence-corrected chi connectivity index (χ2v) is 7.11. The summed E-state index contributed by atoms with van der Waals surface area (Å²) in [4.78, 5) is 37.2. The Hall–Kier alpha value is -3.35. The lowest BCUT2D eigenvalue weighted by atomic mass is 10.0. The molecule has 0 saturated carbocycles. The molecule has 3 aromatic carbocycles. The lowest BCUT2D eigenvalue weighted by Gasteiger charge is -2.12. The van der Waals surface area contributed by atoms with Crippen LogP contribution in [0.1, 0.15) is 26.3 Å². The van der Waals surface area contributed by atoms with Gasteiger partial charge in [-0.05, 0) is 36.4 Å². The van der Waals surface area contributed by atoms with Gasteiger partial charge in [0.25, 0.3) is 5.91 Å². The lowest BCUT2D eigenvalue weighted by molar-refractivity contribution is -0.119. The van der Waals surface area contributed by atoms with Gasteiger partial charge in [-0.3, -0.25) is 9.59 Å². The number of carbonyl (C=O) groups excluding carboxylic acids is 3. The van der Waals surface area contributed by atoms with Gasteiger partial charge >= 0.3 is 5.97 Å². The van der Waals surface area contributed by atoms with E-state index in [0.29, 0.717) is 15.6 Å². The number of hydrogen-bond acceptors (Lipinski definition) is 5. The van der Waals surface area contributed by atoms with Gasteiger partial charge in [-0.2, -0.15) is 0 Å². The minimum atomic E-state index is -0.768. The van der Waals surface area contributed by atoms with Crippen molar-refractivity contribution in [3.8, 4) is 0 Å². The molecule has 8 heteroatoms. The third-order valence-electron chi connectivity index (χ3n) is 4.10. The Morgan fingerprint density at radius 3 is 2.23 bits per heavy atom. The minimum absolute atomic E-state index is 0.0960. The molecule has 30 heavy (non-hydrogen) atoms. The summed E-state index contributed by atoms with van der Waals surface area (Å²) in [6, 6.07) is 17.4. The third kappa shape index (κ3) is 5.17. The number of esters is 1.